The zero-order valence-electron chi connectivity index (χ0n) is 22.6. The number of hydrogen-bond acceptors (Lipinski definition) is 2. The van der Waals surface area contributed by atoms with Gasteiger partial charge < -0.3 is 5.11 Å². The number of carboxylic acid groups (broad SMARTS) is 1. The van der Waals surface area contributed by atoms with Crippen molar-refractivity contribution in [3.8, 4) is 11.1 Å². The Morgan fingerprint density at radius 2 is 1.41 bits per heavy atom. The molecule has 1 saturated carbocycles. The van der Waals surface area contributed by atoms with Crippen LogP contribution in [0.1, 0.15) is 73.9 Å². The number of Topliss-reactive ketones (excluding diaryl/α,β-unsaturated/α-hetero) is 1. The molecule has 4 rings (SSSR count). The van der Waals surface area contributed by atoms with Crippen LogP contribution in [0.4, 0.5) is 13.2 Å². The summed E-state index contributed by atoms with van der Waals surface area (Å²) in [6.07, 6.45) is 4.24. The summed E-state index contributed by atoms with van der Waals surface area (Å²) in [5.41, 5.74) is 6.30. The largest absolute Gasteiger partial charge is 0.490 e. The topological polar surface area (TPSA) is 54.4 Å². The molecule has 1 aliphatic carbocycles. The molecule has 3 aromatic rings. The molecule has 0 bridgehead atoms. The first-order valence-corrected chi connectivity index (χ1v) is 13.5. The molecule has 0 saturated heterocycles. The van der Waals surface area contributed by atoms with E-state index in [0.717, 1.165) is 23.5 Å². The highest BCUT2D eigenvalue weighted by atomic mass is 19.4. The van der Waals surface area contributed by atoms with E-state index < -0.39 is 12.1 Å². The molecular formula is C33H37F3O3. The second-order valence-corrected chi connectivity index (χ2v) is 11.1. The Labute approximate surface area is 229 Å². The van der Waals surface area contributed by atoms with Crippen LogP contribution in [-0.2, 0) is 17.6 Å². The molecule has 0 atom stereocenters. The lowest BCUT2D eigenvalue weighted by Crippen LogP contribution is -2.21. The Bertz CT molecular complexity index is 1200. The van der Waals surface area contributed by atoms with Gasteiger partial charge in [0.2, 0.25) is 0 Å². The van der Waals surface area contributed by atoms with Crippen LogP contribution in [0.5, 0.6) is 0 Å². The fraction of sp³-hybridized carbons (Fsp3) is 0.394. The molecule has 0 spiro atoms. The van der Waals surface area contributed by atoms with Crippen LogP contribution in [0.2, 0.25) is 0 Å². The van der Waals surface area contributed by atoms with Gasteiger partial charge in [-0.15, -0.1) is 0 Å². The zero-order chi connectivity index (χ0) is 28.5. The third-order valence-electron chi connectivity index (χ3n) is 7.50. The predicted octanol–water partition coefficient (Wildman–Crippen LogP) is 8.95. The summed E-state index contributed by atoms with van der Waals surface area (Å²) in [4.78, 5) is 21.6. The Balaban J connectivity index is 0.000000532. The summed E-state index contributed by atoms with van der Waals surface area (Å²) in [6, 6.07) is 27.3. The number of halogens is 3. The SMILES string of the molecule is CC1(C)CCC(CCc2ccc(-c3cccc(C(=O)CCc4ccccc4)c3)cc2)CC1.O=C(O)C(F)(F)F. The van der Waals surface area contributed by atoms with Gasteiger partial charge in [0, 0.05) is 12.0 Å². The molecule has 208 valence electrons. The van der Waals surface area contributed by atoms with Crippen molar-refractivity contribution in [2.75, 3.05) is 0 Å². The maximum Gasteiger partial charge on any atom is 0.490 e. The van der Waals surface area contributed by atoms with Gasteiger partial charge in [-0.3, -0.25) is 4.79 Å². The van der Waals surface area contributed by atoms with E-state index in [0.29, 0.717) is 11.8 Å². The summed E-state index contributed by atoms with van der Waals surface area (Å²) >= 11 is 0. The van der Waals surface area contributed by atoms with Gasteiger partial charge >= 0.3 is 12.1 Å². The van der Waals surface area contributed by atoms with E-state index in [4.69, 9.17) is 9.90 Å². The first-order chi connectivity index (χ1) is 18.4. The second kappa shape index (κ2) is 13.6. The van der Waals surface area contributed by atoms with Crippen molar-refractivity contribution in [2.45, 2.75) is 71.4 Å². The van der Waals surface area contributed by atoms with Crippen molar-refractivity contribution in [1.82, 2.24) is 0 Å². The Kier molecular flexibility index (Phi) is 10.5. The predicted molar refractivity (Wildman–Crippen MR) is 149 cm³/mol. The van der Waals surface area contributed by atoms with Crippen LogP contribution >= 0.6 is 0 Å². The highest BCUT2D eigenvalue weighted by molar-refractivity contribution is 5.97. The fourth-order valence-electron chi connectivity index (χ4n) is 4.90. The molecule has 0 radical (unpaired) electrons. The summed E-state index contributed by atoms with van der Waals surface area (Å²) in [7, 11) is 0. The van der Waals surface area contributed by atoms with E-state index in [1.807, 2.05) is 36.4 Å². The fourth-order valence-corrected chi connectivity index (χ4v) is 4.90. The van der Waals surface area contributed by atoms with Gasteiger partial charge in [-0.2, -0.15) is 13.2 Å². The van der Waals surface area contributed by atoms with E-state index in [2.05, 4.69) is 56.3 Å². The van der Waals surface area contributed by atoms with Crippen LogP contribution in [-0.4, -0.2) is 23.0 Å². The van der Waals surface area contributed by atoms with Crippen LogP contribution in [0.25, 0.3) is 11.1 Å². The van der Waals surface area contributed by atoms with Gasteiger partial charge in [-0.25, -0.2) is 4.79 Å². The molecule has 0 heterocycles. The van der Waals surface area contributed by atoms with Gasteiger partial charge in [-0.05, 0) is 84.6 Å². The lowest BCUT2D eigenvalue weighted by Gasteiger charge is -2.34. The quantitative estimate of drug-likeness (QED) is 0.291. The van der Waals surface area contributed by atoms with Crippen molar-refractivity contribution in [3.05, 3.63) is 95.6 Å². The summed E-state index contributed by atoms with van der Waals surface area (Å²) in [5, 5.41) is 7.12. The van der Waals surface area contributed by atoms with Crippen molar-refractivity contribution in [2.24, 2.45) is 11.3 Å². The van der Waals surface area contributed by atoms with E-state index in [1.165, 1.54) is 55.2 Å². The van der Waals surface area contributed by atoms with E-state index in [1.54, 1.807) is 0 Å². The van der Waals surface area contributed by atoms with Gasteiger partial charge in [0.05, 0.1) is 0 Å². The molecule has 0 aromatic heterocycles. The standard InChI is InChI=1S/C31H36O.C2HF3O2/c1-31(2)21-19-26(20-22-31)12-11-25-13-16-27(17-14-25)28-9-6-10-29(23-28)30(32)18-15-24-7-4-3-5-8-24;3-2(4,5)1(6)7/h3-10,13-14,16-17,23,26H,11-12,15,18-22H2,1-2H3;(H,6,7). The smallest absolute Gasteiger partial charge is 0.475 e. The van der Waals surface area contributed by atoms with Gasteiger partial charge in [0.15, 0.2) is 5.78 Å². The summed E-state index contributed by atoms with van der Waals surface area (Å²) < 4.78 is 31.7. The van der Waals surface area contributed by atoms with Crippen molar-refractivity contribution in [3.63, 3.8) is 0 Å². The average molecular weight is 539 g/mol. The lowest BCUT2D eigenvalue weighted by molar-refractivity contribution is -0.192. The number of aliphatic carboxylic acids is 1. The lowest BCUT2D eigenvalue weighted by atomic mass is 9.72. The van der Waals surface area contributed by atoms with Crippen molar-refractivity contribution < 1.29 is 27.9 Å². The Hall–Kier alpha value is -3.41. The van der Waals surface area contributed by atoms with Crippen LogP contribution in [0.15, 0.2) is 78.9 Å². The highest BCUT2D eigenvalue weighted by Crippen LogP contribution is 2.39. The Morgan fingerprint density at radius 3 is 2.00 bits per heavy atom. The average Bonchev–Trinajstić information content (AvgIpc) is 2.92. The zero-order valence-corrected chi connectivity index (χ0v) is 22.6. The van der Waals surface area contributed by atoms with E-state index in [-0.39, 0.29) is 5.78 Å². The number of rotatable bonds is 8. The van der Waals surface area contributed by atoms with E-state index in [9.17, 15) is 18.0 Å². The number of hydrogen-bond donors (Lipinski definition) is 1. The number of carboxylic acids is 1. The number of alkyl halides is 3. The van der Waals surface area contributed by atoms with Crippen LogP contribution in [0.3, 0.4) is 0 Å². The molecule has 3 aromatic carbocycles. The van der Waals surface area contributed by atoms with Crippen molar-refractivity contribution >= 4 is 11.8 Å². The Morgan fingerprint density at radius 1 is 0.821 bits per heavy atom. The third-order valence-corrected chi connectivity index (χ3v) is 7.50. The van der Waals surface area contributed by atoms with Gasteiger partial charge in [0.1, 0.15) is 0 Å². The van der Waals surface area contributed by atoms with Crippen LogP contribution in [0, 0.1) is 11.3 Å². The van der Waals surface area contributed by atoms with Crippen LogP contribution < -0.4 is 0 Å². The molecule has 1 aliphatic rings. The number of carbonyl (C=O) groups excluding carboxylic acids is 1. The molecule has 6 heteroatoms. The molecule has 0 amide bonds. The summed E-state index contributed by atoms with van der Waals surface area (Å²) in [6.45, 7) is 4.82. The molecular weight excluding hydrogens is 501 g/mol. The number of carbonyl (C=O) groups is 2. The maximum atomic E-state index is 12.7. The first-order valence-electron chi connectivity index (χ1n) is 13.5. The number of benzene rings is 3. The van der Waals surface area contributed by atoms with Gasteiger partial charge in [-0.1, -0.05) is 86.6 Å². The minimum absolute atomic E-state index is 0.211. The monoisotopic (exact) mass is 538 g/mol. The minimum atomic E-state index is -5.08. The molecule has 1 fully saturated rings. The number of ketones is 1. The molecule has 0 aliphatic heterocycles. The second-order valence-electron chi connectivity index (χ2n) is 11.1. The van der Waals surface area contributed by atoms with Crippen molar-refractivity contribution in [1.29, 1.82) is 0 Å². The summed E-state index contributed by atoms with van der Waals surface area (Å²) in [5.74, 6) is -1.66. The molecule has 3 nitrogen and oxygen atoms in total. The number of aryl methyl sites for hydroxylation is 2. The molecule has 39 heavy (non-hydrogen) atoms. The van der Waals surface area contributed by atoms with E-state index >= 15 is 0 Å². The molecule has 1 N–H and O–H groups in total. The minimum Gasteiger partial charge on any atom is -0.475 e. The van der Waals surface area contributed by atoms with Gasteiger partial charge in [0.25, 0.3) is 0 Å². The first kappa shape index (κ1) is 30.1. The normalized spacial score (nSPS) is 15.2. The third kappa shape index (κ3) is 10.0. The molecule has 0 unspecified atom stereocenters. The highest BCUT2D eigenvalue weighted by Gasteiger charge is 2.38. The maximum absolute atomic E-state index is 12.7.